The van der Waals surface area contributed by atoms with Crippen LogP contribution in [0.1, 0.15) is 19.8 Å². The molecule has 1 aromatic heterocycles. The molecule has 6 heteroatoms. The summed E-state index contributed by atoms with van der Waals surface area (Å²) in [6, 6.07) is 8.82. The molecule has 0 amide bonds. The molecule has 2 unspecified atom stereocenters. The molecule has 1 aliphatic heterocycles. The summed E-state index contributed by atoms with van der Waals surface area (Å²) in [7, 11) is -3.59. The Morgan fingerprint density at radius 2 is 2.09 bits per heavy atom. The van der Waals surface area contributed by atoms with Gasteiger partial charge < -0.3 is 5.73 Å². The molecule has 0 aliphatic carbocycles. The number of fused-ring (bicyclic) bond motifs is 1. The van der Waals surface area contributed by atoms with Crippen LogP contribution in [0.5, 0.6) is 0 Å². The van der Waals surface area contributed by atoms with Gasteiger partial charge in [-0.3, -0.25) is 4.98 Å². The minimum Gasteiger partial charge on any atom is -0.329 e. The van der Waals surface area contributed by atoms with Crippen LogP contribution in [-0.2, 0) is 10.0 Å². The molecule has 3 rings (SSSR count). The van der Waals surface area contributed by atoms with Gasteiger partial charge in [0.2, 0.25) is 10.0 Å². The number of aromatic nitrogens is 1. The lowest BCUT2D eigenvalue weighted by atomic mass is 9.93. The monoisotopic (exact) mass is 319 g/mol. The average Bonchev–Trinajstić information content (AvgIpc) is 2.54. The van der Waals surface area contributed by atoms with E-state index in [1.165, 1.54) is 0 Å². The van der Waals surface area contributed by atoms with Crippen molar-refractivity contribution in [2.24, 2.45) is 11.7 Å². The average molecular weight is 319 g/mol. The van der Waals surface area contributed by atoms with E-state index in [-0.39, 0.29) is 16.9 Å². The number of benzene rings is 1. The zero-order valence-corrected chi connectivity index (χ0v) is 13.5. The SMILES string of the molecule is CC1CCCN(S(=O)(=O)c2cccc3cccnc23)C1CN. The van der Waals surface area contributed by atoms with Gasteiger partial charge >= 0.3 is 0 Å². The van der Waals surface area contributed by atoms with Gasteiger partial charge in [0.25, 0.3) is 0 Å². The Balaban J connectivity index is 2.12. The van der Waals surface area contributed by atoms with Crippen molar-refractivity contribution in [2.75, 3.05) is 13.1 Å². The Hall–Kier alpha value is -1.50. The first-order valence-corrected chi connectivity index (χ1v) is 9.05. The number of pyridine rings is 1. The van der Waals surface area contributed by atoms with Gasteiger partial charge in [0, 0.05) is 30.7 Å². The van der Waals surface area contributed by atoms with Crippen LogP contribution in [0, 0.1) is 5.92 Å². The highest BCUT2D eigenvalue weighted by molar-refractivity contribution is 7.89. The van der Waals surface area contributed by atoms with Gasteiger partial charge in [-0.25, -0.2) is 8.42 Å². The highest BCUT2D eigenvalue weighted by Crippen LogP contribution is 2.31. The molecule has 0 bridgehead atoms. The van der Waals surface area contributed by atoms with Gasteiger partial charge in [-0.2, -0.15) is 4.31 Å². The van der Waals surface area contributed by atoms with E-state index in [1.54, 1.807) is 22.6 Å². The number of nitrogens with zero attached hydrogens (tertiary/aromatic N) is 2. The standard InChI is InChI=1S/C16H21N3O2S/c1-12-5-4-10-19(14(12)11-17)22(20,21)15-8-2-6-13-7-3-9-18-16(13)15/h2-3,6-9,12,14H,4-5,10-11,17H2,1H3. The zero-order chi connectivity index (χ0) is 15.7. The molecule has 1 aliphatic rings. The lowest BCUT2D eigenvalue weighted by Crippen LogP contribution is -2.51. The summed E-state index contributed by atoms with van der Waals surface area (Å²) < 4.78 is 27.9. The van der Waals surface area contributed by atoms with Crippen molar-refractivity contribution in [1.29, 1.82) is 0 Å². The summed E-state index contributed by atoms with van der Waals surface area (Å²) in [5, 5.41) is 0.831. The minimum absolute atomic E-state index is 0.141. The second-order valence-corrected chi connectivity index (χ2v) is 7.73. The van der Waals surface area contributed by atoms with Crippen LogP contribution < -0.4 is 5.73 Å². The summed E-state index contributed by atoms with van der Waals surface area (Å²) in [6.07, 6.45) is 3.51. The number of hydrogen-bond acceptors (Lipinski definition) is 4. The normalized spacial score (nSPS) is 23.7. The van der Waals surface area contributed by atoms with Crippen molar-refractivity contribution < 1.29 is 8.42 Å². The van der Waals surface area contributed by atoms with Crippen molar-refractivity contribution in [2.45, 2.75) is 30.7 Å². The number of rotatable bonds is 3. The summed E-state index contributed by atoms with van der Waals surface area (Å²) in [6.45, 7) is 2.94. The fraction of sp³-hybridized carbons (Fsp3) is 0.438. The fourth-order valence-corrected chi connectivity index (χ4v) is 5.21. The van der Waals surface area contributed by atoms with Crippen molar-refractivity contribution in [3.05, 3.63) is 36.5 Å². The van der Waals surface area contributed by atoms with E-state index in [0.29, 0.717) is 18.6 Å². The number of sulfonamides is 1. The Kier molecular flexibility index (Phi) is 4.16. The quantitative estimate of drug-likeness (QED) is 0.938. The van der Waals surface area contributed by atoms with E-state index in [9.17, 15) is 8.42 Å². The summed E-state index contributed by atoms with van der Waals surface area (Å²) >= 11 is 0. The molecule has 5 nitrogen and oxygen atoms in total. The minimum atomic E-state index is -3.59. The Morgan fingerprint density at radius 1 is 1.32 bits per heavy atom. The highest BCUT2D eigenvalue weighted by atomic mass is 32.2. The molecule has 2 heterocycles. The van der Waals surface area contributed by atoms with E-state index >= 15 is 0 Å². The smallest absolute Gasteiger partial charge is 0.245 e. The Bertz CT molecular complexity index is 771. The summed E-state index contributed by atoms with van der Waals surface area (Å²) in [4.78, 5) is 4.55. The molecule has 1 saturated heterocycles. The van der Waals surface area contributed by atoms with E-state index < -0.39 is 10.0 Å². The molecule has 2 aromatic rings. The van der Waals surface area contributed by atoms with Gasteiger partial charge in [0.15, 0.2) is 0 Å². The summed E-state index contributed by atoms with van der Waals surface area (Å²) in [5.74, 6) is 0.275. The van der Waals surface area contributed by atoms with E-state index in [1.807, 2.05) is 18.2 Å². The van der Waals surface area contributed by atoms with Crippen LogP contribution in [0.25, 0.3) is 10.9 Å². The van der Waals surface area contributed by atoms with E-state index in [0.717, 1.165) is 18.2 Å². The molecule has 2 N–H and O–H groups in total. The third kappa shape index (κ3) is 2.51. The fourth-order valence-electron chi connectivity index (χ4n) is 3.27. The van der Waals surface area contributed by atoms with Crippen LogP contribution in [-0.4, -0.2) is 36.8 Å². The van der Waals surface area contributed by atoms with Gasteiger partial charge in [0.05, 0.1) is 5.52 Å². The maximum Gasteiger partial charge on any atom is 0.245 e. The number of para-hydroxylation sites is 1. The molecule has 0 spiro atoms. The van der Waals surface area contributed by atoms with Crippen LogP contribution in [0.2, 0.25) is 0 Å². The van der Waals surface area contributed by atoms with Crippen molar-refractivity contribution >= 4 is 20.9 Å². The molecule has 0 saturated carbocycles. The number of piperidine rings is 1. The molecule has 1 fully saturated rings. The first-order valence-electron chi connectivity index (χ1n) is 7.61. The van der Waals surface area contributed by atoms with Crippen molar-refractivity contribution in [3.8, 4) is 0 Å². The molecule has 22 heavy (non-hydrogen) atoms. The molecule has 1 aromatic carbocycles. The zero-order valence-electron chi connectivity index (χ0n) is 12.6. The molecular weight excluding hydrogens is 298 g/mol. The first-order chi connectivity index (χ1) is 10.6. The van der Waals surface area contributed by atoms with Crippen LogP contribution in [0.3, 0.4) is 0 Å². The topological polar surface area (TPSA) is 76.3 Å². The lowest BCUT2D eigenvalue weighted by molar-refractivity contribution is 0.192. The third-order valence-corrected chi connectivity index (χ3v) is 6.44. The van der Waals surface area contributed by atoms with E-state index in [4.69, 9.17) is 5.73 Å². The predicted molar refractivity (Wildman–Crippen MR) is 86.9 cm³/mol. The van der Waals surface area contributed by atoms with Gasteiger partial charge in [-0.15, -0.1) is 0 Å². The Labute approximate surface area is 131 Å². The van der Waals surface area contributed by atoms with Crippen molar-refractivity contribution in [3.63, 3.8) is 0 Å². The maximum atomic E-state index is 13.1. The van der Waals surface area contributed by atoms with Crippen LogP contribution in [0.4, 0.5) is 0 Å². The molecule has 0 radical (unpaired) electrons. The predicted octanol–water partition coefficient (Wildman–Crippen LogP) is 1.98. The van der Waals surface area contributed by atoms with Gasteiger partial charge in [0.1, 0.15) is 4.90 Å². The highest BCUT2D eigenvalue weighted by Gasteiger charge is 2.37. The van der Waals surface area contributed by atoms with Crippen LogP contribution >= 0.6 is 0 Å². The first kappa shape index (κ1) is 15.4. The van der Waals surface area contributed by atoms with E-state index in [2.05, 4.69) is 11.9 Å². The third-order valence-electron chi connectivity index (χ3n) is 4.49. The molecule has 2 atom stereocenters. The van der Waals surface area contributed by atoms with Crippen molar-refractivity contribution in [1.82, 2.24) is 9.29 Å². The number of hydrogen-bond donors (Lipinski definition) is 1. The second-order valence-electron chi connectivity index (χ2n) is 5.87. The molecule has 118 valence electrons. The second kappa shape index (κ2) is 5.95. The van der Waals surface area contributed by atoms with Crippen LogP contribution in [0.15, 0.2) is 41.4 Å². The summed E-state index contributed by atoms with van der Waals surface area (Å²) in [5.41, 5.74) is 6.38. The largest absolute Gasteiger partial charge is 0.329 e. The van der Waals surface area contributed by atoms with Gasteiger partial charge in [-0.1, -0.05) is 25.1 Å². The number of nitrogens with two attached hydrogens (primary N) is 1. The lowest BCUT2D eigenvalue weighted by Gasteiger charge is -2.38. The maximum absolute atomic E-state index is 13.1. The molecular formula is C16H21N3O2S. The Morgan fingerprint density at radius 3 is 2.86 bits per heavy atom. The van der Waals surface area contributed by atoms with Gasteiger partial charge in [-0.05, 0) is 30.9 Å².